The third-order valence-corrected chi connectivity index (χ3v) is 1.23. The van der Waals surface area contributed by atoms with Crippen LogP contribution in [0.2, 0.25) is 0 Å². The average Bonchev–Trinajstić information content (AvgIpc) is 1.94. The predicted octanol–water partition coefficient (Wildman–Crippen LogP) is 2.69. The Morgan fingerprint density at radius 3 is 2.58 bits per heavy atom. The number of halogens is 2. The smallest absolute Gasteiger partial charge is 0.168 e. The van der Waals surface area contributed by atoms with E-state index in [1.807, 2.05) is 0 Å². The average molecular weight is 188 g/mol. The van der Waals surface area contributed by atoms with Crippen LogP contribution in [0.3, 0.4) is 0 Å². The summed E-state index contributed by atoms with van der Waals surface area (Å²) in [6.45, 7) is 1.51. The molecule has 64 valence electrons. The van der Waals surface area contributed by atoms with Gasteiger partial charge in [-0.1, -0.05) is 0 Å². The highest BCUT2D eigenvalue weighted by molar-refractivity contribution is 7.80. The first kappa shape index (κ1) is 9.06. The molecule has 0 aliphatic carbocycles. The number of hydrogen-bond acceptors (Lipinski definition) is 2. The fourth-order valence-electron chi connectivity index (χ4n) is 0.713. The number of hydrogen-bond donors (Lipinski definition) is 0. The van der Waals surface area contributed by atoms with Crippen LogP contribution in [0, 0.1) is 11.6 Å². The second kappa shape index (κ2) is 3.58. The van der Waals surface area contributed by atoms with Gasteiger partial charge in [0.25, 0.3) is 0 Å². The first-order chi connectivity index (χ1) is 5.59. The van der Waals surface area contributed by atoms with E-state index in [0.29, 0.717) is 0 Å². The van der Waals surface area contributed by atoms with E-state index >= 15 is 0 Å². The Morgan fingerprint density at radius 1 is 1.42 bits per heavy atom. The fourth-order valence-corrected chi connectivity index (χ4v) is 0.803. The summed E-state index contributed by atoms with van der Waals surface area (Å²) in [5.74, 6) is -1.44. The molecule has 12 heavy (non-hydrogen) atoms. The van der Waals surface area contributed by atoms with E-state index in [-0.39, 0.29) is 10.8 Å². The van der Waals surface area contributed by atoms with Crippen molar-refractivity contribution in [3.63, 3.8) is 0 Å². The highest BCUT2D eigenvalue weighted by Crippen LogP contribution is 2.17. The lowest BCUT2D eigenvalue weighted by Crippen LogP contribution is -2.00. The van der Waals surface area contributed by atoms with Gasteiger partial charge < -0.3 is 4.74 Å². The molecular formula is C8H6F2OS. The normalized spacial score (nSPS) is 9.58. The van der Waals surface area contributed by atoms with Gasteiger partial charge in [-0.25, -0.2) is 8.78 Å². The monoisotopic (exact) mass is 188 g/mol. The highest BCUT2D eigenvalue weighted by Gasteiger charge is 2.04. The first-order valence-corrected chi connectivity index (χ1v) is 3.64. The van der Waals surface area contributed by atoms with Crippen molar-refractivity contribution in [2.75, 3.05) is 0 Å². The Morgan fingerprint density at radius 2 is 2.08 bits per heavy atom. The Hall–Kier alpha value is -1.03. The van der Waals surface area contributed by atoms with E-state index < -0.39 is 11.6 Å². The number of ether oxygens (including phenoxy) is 1. The molecule has 1 rings (SSSR count). The molecule has 0 saturated heterocycles. The zero-order valence-corrected chi connectivity index (χ0v) is 7.12. The maximum atomic E-state index is 12.8. The van der Waals surface area contributed by atoms with E-state index in [1.165, 1.54) is 13.0 Å². The minimum absolute atomic E-state index is 0.0519. The van der Waals surface area contributed by atoms with Crippen LogP contribution in [0.1, 0.15) is 6.92 Å². The molecule has 0 amide bonds. The van der Waals surface area contributed by atoms with Crippen molar-refractivity contribution in [1.29, 1.82) is 0 Å². The molecule has 0 N–H and O–H groups in total. The van der Waals surface area contributed by atoms with Gasteiger partial charge in [-0.2, -0.15) is 0 Å². The van der Waals surface area contributed by atoms with Crippen molar-refractivity contribution >= 4 is 17.3 Å². The second-order valence-corrected chi connectivity index (χ2v) is 2.74. The molecule has 0 fully saturated rings. The third-order valence-electron chi connectivity index (χ3n) is 1.15. The number of rotatable bonds is 1. The van der Waals surface area contributed by atoms with Crippen LogP contribution in [-0.2, 0) is 0 Å². The molecular weight excluding hydrogens is 182 g/mol. The quantitative estimate of drug-likeness (QED) is 0.626. The van der Waals surface area contributed by atoms with Gasteiger partial charge >= 0.3 is 0 Å². The molecule has 0 unspecified atom stereocenters. The number of thiocarbonyl (C=S) groups is 1. The number of benzene rings is 1. The zero-order valence-electron chi connectivity index (χ0n) is 6.30. The molecule has 4 heteroatoms. The summed E-state index contributed by atoms with van der Waals surface area (Å²) in [6, 6.07) is 3.05. The molecule has 0 saturated carbocycles. The summed E-state index contributed by atoms with van der Waals surface area (Å²) in [7, 11) is 0. The molecule has 0 aliphatic heterocycles. The van der Waals surface area contributed by atoms with E-state index in [1.54, 1.807) is 0 Å². The molecule has 0 spiro atoms. The van der Waals surface area contributed by atoms with Gasteiger partial charge in [0.2, 0.25) is 0 Å². The van der Waals surface area contributed by atoms with Gasteiger partial charge in [0.05, 0.1) is 0 Å². The molecule has 0 aromatic heterocycles. The summed E-state index contributed by atoms with van der Waals surface area (Å²) in [4.78, 5) is 0. The summed E-state index contributed by atoms with van der Waals surface area (Å²) in [5, 5.41) is 0.195. The van der Waals surface area contributed by atoms with E-state index in [2.05, 4.69) is 12.2 Å². The van der Waals surface area contributed by atoms with Crippen LogP contribution in [0.15, 0.2) is 18.2 Å². The van der Waals surface area contributed by atoms with Crippen molar-refractivity contribution < 1.29 is 13.5 Å². The van der Waals surface area contributed by atoms with Crippen LogP contribution in [0.4, 0.5) is 8.78 Å². The van der Waals surface area contributed by atoms with E-state index in [9.17, 15) is 8.78 Å². The Kier molecular flexibility index (Phi) is 2.70. The maximum Gasteiger partial charge on any atom is 0.168 e. The van der Waals surface area contributed by atoms with Gasteiger partial charge in [-0.3, -0.25) is 0 Å². The molecule has 0 atom stereocenters. The third kappa shape index (κ3) is 2.23. The summed E-state index contributed by atoms with van der Waals surface area (Å²) in [6.07, 6.45) is 0. The Labute approximate surface area is 74.0 Å². The van der Waals surface area contributed by atoms with Crippen molar-refractivity contribution in [1.82, 2.24) is 0 Å². The summed E-state index contributed by atoms with van der Waals surface area (Å²) >= 11 is 4.59. The molecule has 0 radical (unpaired) electrons. The second-order valence-electron chi connectivity index (χ2n) is 2.17. The van der Waals surface area contributed by atoms with Crippen LogP contribution in [0.5, 0.6) is 5.75 Å². The van der Waals surface area contributed by atoms with Crippen LogP contribution < -0.4 is 4.74 Å². The summed E-state index contributed by atoms with van der Waals surface area (Å²) < 4.78 is 29.9. The fraction of sp³-hybridized carbons (Fsp3) is 0.125. The van der Waals surface area contributed by atoms with Gasteiger partial charge in [0.1, 0.15) is 5.82 Å². The van der Waals surface area contributed by atoms with Crippen molar-refractivity contribution in [3.8, 4) is 5.75 Å². The SMILES string of the molecule is CC(=S)Oc1ccc(F)cc1F. The van der Waals surface area contributed by atoms with Crippen LogP contribution in [0.25, 0.3) is 0 Å². The molecule has 0 bridgehead atoms. The molecule has 0 aliphatic rings. The Bertz CT molecular complexity index is 312. The topological polar surface area (TPSA) is 9.23 Å². The van der Waals surface area contributed by atoms with Crippen LogP contribution in [-0.4, -0.2) is 5.05 Å². The standard InChI is InChI=1S/C8H6F2OS/c1-5(12)11-8-3-2-6(9)4-7(8)10/h2-4H,1H3. The van der Waals surface area contributed by atoms with Gasteiger partial charge in [-0.05, 0) is 24.4 Å². The molecule has 0 heterocycles. The largest absolute Gasteiger partial charge is 0.448 e. The van der Waals surface area contributed by atoms with Crippen molar-refractivity contribution in [2.45, 2.75) is 6.92 Å². The lowest BCUT2D eigenvalue weighted by Gasteiger charge is -2.03. The van der Waals surface area contributed by atoms with E-state index in [4.69, 9.17) is 4.74 Å². The molecule has 1 aromatic carbocycles. The van der Waals surface area contributed by atoms with E-state index in [0.717, 1.165) is 12.1 Å². The minimum Gasteiger partial charge on any atom is -0.448 e. The van der Waals surface area contributed by atoms with Crippen molar-refractivity contribution in [3.05, 3.63) is 29.8 Å². The lowest BCUT2D eigenvalue weighted by molar-refractivity contribution is 0.488. The Balaban J connectivity index is 2.93. The van der Waals surface area contributed by atoms with Gasteiger partial charge in [0, 0.05) is 13.0 Å². The zero-order chi connectivity index (χ0) is 9.14. The minimum atomic E-state index is -0.751. The van der Waals surface area contributed by atoms with Gasteiger partial charge in [-0.15, -0.1) is 0 Å². The van der Waals surface area contributed by atoms with Crippen LogP contribution >= 0.6 is 12.2 Å². The van der Waals surface area contributed by atoms with Gasteiger partial charge in [0.15, 0.2) is 16.6 Å². The summed E-state index contributed by atoms with van der Waals surface area (Å²) in [5.41, 5.74) is 0. The first-order valence-electron chi connectivity index (χ1n) is 3.23. The highest BCUT2D eigenvalue weighted by atomic mass is 32.1. The predicted molar refractivity (Wildman–Crippen MR) is 45.3 cm³/mol. The lowest BCUT2D eigenvalue weighted by atomic mass is 10.3. The molecule has 1 nitrogen and oxygen atoms in total. The van der Waals surface area contributed by atoms with Crippen molar-refractivity contribution in [2.24, 2.45) is 0 Å². The maximum absolute atomic E-state index is 12.8. The molecule has 1 aromatic rings.